The van der Waals surface area contributed by atoms with E-state index in [0.717, 1.165) is 35.4 Å². The van der Waals surface area contributed by atoms with E-state index in [1.165, 1.54) is 18.3 Å². The monoisotopic (exact) mass is 492 g/mol. The first kappa shape index (κ1) is 26.6. The zero-order valence-electron chi connectivity index (χ0n) is 20.5. The molecule has 0 radical (unpaired) electrons. The number of hydrogen-bond donors (Lipinski definition) is 4. The number of aromatic carboxylic acids is 1. The van der Waals surface area contributed by atoms with Gasteiger partial charge in [0.15, 0.2) is 0 Å². The molecule has 9 nitrogen and oxygen atoms in total. The number of benzene rings is 2. The number of nitrogens with zero attached hydrogens (tertiary/aromatic N) is 2. The van der Waals surface area contributed by atoms with Crippen LogP contribution in [0.15, 0.2) is 54.7 Å². The van der Waals surface area contributed by atoms with E-state index in [1.54, 1.807) is 17.6 Å². The molecule has 190 valence electrons. The Morgan fingerprint density at radius 1 is 1.08 bits per heavy atom. The third-order valence-corrected chi connectivity index (χ3v) is 6.09. The van der Waals surface area contributed by atoms with Crippen LogP contribution < -0.4 is 10.8 Å². The average molecular weight is 493 g/mol. The highest BCUT2D eigenvalue weighted by molar-refractivity contribution is 5.93. The highest BCUT2D eigenvalue weighted by Crippen LogP contribution is 2.16. The first-order valence-corrected chi connectivity index (χ1v) is 12.0. The van der Waals surface area contributed by atoms with Crippen LogP contribution in [0.1, 0.15) is 69.5 Å². The van der Waals surface area contributed by atoms with Crippen molar-refractivity contribution in [2.45, 2.75) is 58.5 Å². The average Bonchev–Trinajstić information content (AvgIpc) is 3.26. The summed E-state index contributed by atoms with van der Waals surface area (Å²) in [6, 6.07) is 13.7. The molecule has 1 unspecified atom stereocenters. The normalized spacial score (nSPS) is 11.6. The first-order chi connectivity index (χ1) is 17.3. The quantitative estimate of drug-likeness (QED) is 0.226. The van der Waals surface area contributed by atoms with Gasteiger partial charge in [-0.05, 0) is 48.6 Å². The SMILES string of the molecule is CCCCc1ncc(C(=O)NC(CC(=O)NO)Cc2ccccc2C)n1Cc1ccc(C(=O)O)cc1. The molecule has 0 saturated heterocycles. The summed E-state index contributed by atoms with van der Waals surface area (Å²) in [5.74, 6) is -1.21. The molecule has 2 aromatic carbocycles. The van der Waals surface area contributed by atoms with Crippen LogP contribution in [0.5, 0.6) is 0 Å². The summed E-state index contributed by atoms with van der Waals surface area (Å²) in [6.45, 7) is 4.39. The van der Waals surface area contributed by atoms with Gasteiger partial charge in [-0.15, -0.1) is 0 Å². The van der Waals surface area contributed by atoms with Crippen LogP contribution in [0.25, 0.3) is 0 Å². The molecule has 0 fully saturated rings. The van der Waals surface area contributed by atoms with Gasteiger partial charge >= 0.3 is 5.97 Å². The molecule has 0 spiro atoms. The maximum absolute atomic E-state index is 13.4. The molecule has 0 aliphatic heterocycles. The smallest absolute Gasteiger partial charge is 0.335 e. The lowest BCUT2D eigenvalue weighted by Crippen LogP contribution is -2.41. The summed E-state index contributed by atoms with van der Waals surface area (Å²) in [4.78, 5) is 41.0. The number of unbranched alkanes of at least 4 members (excludes halogenated alkanes) is 1. The van der Waals surface area contributed by atoms with E-state index in [-0.39, 0.29) is 17.9 Å². The van der Waals surface area contributed by atoms with Crippen molar-refractivity contribution in [3.8, 4) is 0 Å². The summed E-state index contributed by atoms with van der Waals surface area (Å²) in [6.07, 6.45) is 4.42. The standard InChI is InChI=1S/C27H32N4O5/c1-3-4-9-24-28-16-23(31(24)17-19-10-12-20(13-11-19)27(34)35)26(33)29-22(15-25(32)30-36)14-21-8-6-5-7-18(21)2/h5-8,10-13,16,22,36H,3-4,9,14-15,17H2,1-2H3,(H,29,33)(H,30,32)(H,34,35). The Bertz CT molecular complexity index is 1200. The number of nitrogens with one attached hydrogen (secondary N) is 2. The predicted molar refractivity (Wildman–Crippen MR) is 134 cm³/mol. The minimum atomic E-state index is -1.00. The van der Waals surface area contributed by atoms with E-state index < -0.39 is 17.9 Å². The fourth-order valence-corrected chi connectivity index (χ4v) is 4.05. The Labute approximate surface area is 210 Å². The largest absolute Gasteiger partial charge is 0.478 e. The highest BCUT2D eigenvalue weighted by Gasteiger charge is 2.22. The van der Waals surface area contributed by atoms with Gasteiger partial charge in [0.05, 0.1) is 11.8 Å². The second-order valence-corrected chi connectivity index (χ2v) is 8.79. The van der Waals surface area contributed by atoms with Gasteiger partial charge < -0.3 is 15.0 Å². The van der Waals surface area contributed by atoms with E-state index in [4.69, 9.17) is 10.3 Å². The van der Waals surface area contributed by atoms with Gasteiger partial charge in [-0.25, -0.2) is 15.3 Å². The molecular formula is C27H32N4O5. The number of carboxylic acids is 1. The van der Waals surface area contributed by atoms with Crippen molar-refractivity contribution in [3.05, 3.63) is 88.5 Å². The number of carboxylic acid groups (broad SMARTS) is 1. The molecule has 1 aromatic heterocycles. The summed E-state index contributed by atoms with van der Waals surface area (Å²) in [5.41, 5.74) is 5.05. The number of imidazole rings is 1. The van der Waals surface area contributed by atoms with Crippen molar-refractivity contribution in [2.75, 3.05) is 0 Å². The van der Waals surface area contributed by atoms with E-state index in [2.05, 4.69) is 17.2 Å². The van der Waals surface area contributed by atoms with Gasteiger partial charge in [0.2, 0.25) is 5.91 Å². The third-order valence-electron chi connectivity index (χ3n) is 6.09. The number of hydroxylamine groups is 1. The van der Waals surface area contributed by atoms with Gasteiger partial charge in [0.1, 0.15) is 11.5 Å². The Morgan fingerprint density at radius 2 is 1.81 bits per heavy atom. The van der Waals surface area contributed by atoms with Gasteiger partial charge in [-0.3, -0.25) is 14.8 Å². The number of hydrogen-bond acceptors (Lipinski definition) is 5. The van der Waals surface area contributed by atoms with Crippen molar-refractivity contribution in [3.63, 3.8) is 0 Å². The summed E-state index contributed by atoms with van der Waals surface area (Å²) in [5, 5.41) is 21.1. The van der Waals surface area contributed by atoms with Crippen molar-refractivity contribution >= 4 is 17.8 Å². The Kier molecular flexibility index (Phi) is 9.35. The lowest BCUT2D eigenvalue weighted by Gasteiger charge is -2.20. The number of aromatic nitrogens is 2. The second-order valence-electron chi connectivity index (χ2n) is 8.79. The van der Waals surface area contributed by atoms with Gasteiger partial charge in [0, 0.05) is 25.4 Å². The fraction of sp³-hybridized carbons (Fsp3) is 0.333. The van der Waals surface area contributed by atoms with Crippen LogP contribution in [-0.4, -0.2) is 43.7 Å². The maximum Gasteiger partial charge on any atom is 0.335 e. The van der Waals surface area contributed by atoms with E-state index >= 15 is 0 Å². The minimum absolute atomic E-state index is 0.0932. The molecule has 2 amide bonds. The van der Waals surface area contributed by atoms with E-state index in [1.807, 2.05) is 35.8 Å². The first-order valence-electron chi connectivity index (χ1n) is 12.0. The van der Waals surface area contributed by atoms with Crippen LogP contribution in [0.4, 0.5) is 0 Å². The van der Waals surface area contributed by atoms with Crippen molar-refractivity contribution in [1.82, 2.24) is 20.3 Å². The molecule has 0 aliphatic rings. The molecular weight excluding hydrogens is 460 g/mol. The Hall–Kier alpha value is -3.98. The Morgan fingerprint density at radius 3 is 2.44 bits per heavy atom. The minimum Gasteiger partial charge on any atom is -0.478 e. The number of aryl methyl sites for hydroxylation is 2. The molecule has 36 heavy (non-hydrogen) atoms. The van der Waals surface area contributed by atoms with Gasteiger partial charge in [0.25, 0.3) is 5.91 Å². The molecule has 0 saturated carbocycles. The van der Waals surface area contributed by atoms with Gasteiger partial charge in [-0.2, -0.15) is 0 Å². The van der Waals surface area contributed by atoms with Gasteiger partial charge in [-0.1, -0.05) is 49.7 Å². The van der Waals surface area contributed by atoms with Crippen LogP contribution in [-0.2, 0) is 24.2 Å². The molecule has 0 aliphatic carbocycles. The summed E-state index contributed by atoms with van der Waals surface area (Å²) < 4.78 is 1.83. The van der Waals surface area contributed by atoms with Crippen LogP contribution >= 0.6 is 0 Å². The van der Waals surface area contributed by atoms with Crippen LogP contribution in [0.2, 0.25) is 0 Å². The highest BCUT2D eigenvalue weighted by atomic mass is 16.5. The number of carbonyl (C=O) groups is 3. The van der Waals surface area contributed by atoms with Crippen molar-refractivity contribution < 1.29 is 24.7 Å². The van der Waals surface area contributed by atoms with E-state index in [0.29, 0.717) is 25.1 Å². The zero-order valence-corrected chi connectivity index (χ0v) is 20.5. The van der Waals surface area contributed by atoms with Crippen LogP contribution in [0.3, 0.4) is 0 Å². The maximum atomic E-state index is 13.4. The molecule has 3 rings (SSSR count). The lowest BCUT2D eigenvalue weighted by molar-refractivity contribution is -0.129. The van der Waals surface area contributed by atoms with E-state index in [9.17, 15) is 14.4 Å². The predicted octanol–water partition coefficient (Wildman–Crippen LogP) is 3.52. The second kappa shape index (κ2) is 12.6. The van der Waals surface area contributed by atoms with Crippen molar-refractivity contribution in [2.24, 2.45) is 0 Å². The number of amides is 2. The zero-order chi connectivity index (χ0) is 26.1. The molecule has 0 bridgehead atoms. The van der Waals surface area contributed by atoms with Crippen molar-refractivity contribution in [1.29, 1.82) is 0 Å². The lowest BCUT2D eigenvalue weighted by atomic mass is 9.99. The number of rotatable bonds is 12. The topological polar surface area (TPSA) is 134 Å². The summed E-state index contributed by atoms with van der Waals surface area (Å²) >= 11 is 0. The third kappa shape index (κ3) is 7.02. The molecule has 1 atom stereocenters. The Balaban J connectivity index is 1.87. The number of carbonyl (C=O) groups excluding carboxylic acids is 2. The summed E-state index contributed by atoms with van der Waals surface area (Å²) in [7, 11) is 0. The molecule has 9 heteroatoms. The molecule has 3 aromatic rings. The molecule has 4 N–H and O–H groups in total. The molecule has 1 heterocycles. The fourth-order valence-electron chi connectivity index (χ4n) is 4.05. The van der Waals surface area contributed by atoms with Crippen LogP contribution in [0, 0.1) is 6.92 Å².